The summed E-state index contributed by atoms with van der Waals surface area (Å²) < 4.78 is 10.2. The SMILES string of the molecule is CC/C=C\C[C@@H](O)/C=C/C=C\C=C\[C@@H](O)C/C=C\C/C=C\CCC(=O)OC[C@@H](O)COC(=O)CCCCCCCCCCCCCC(C)C. The van der Waals surface area contributed by atoms with Crippen LogP contribution in [0, 0.1) is 5.92 Å². The first-order chi connectivity index (χ1) is 23.7. The quantitative estimate of drug-likeness (QED) is 0.0280. The Bertz CT molecular complexity index is 960. The topological polar surface area (TPSA) is 113 Å². The molecular formula is C42H70O7. The molecule has 0 aliphatic heterocycles. The van der Waals surface area contributed by atoms with Gasteiger partial charge < -0.3 is 24.8 Å². The summed E-state index contributed by atoms with van der Waals surface area (Å²) in [4.78, 5) is 23.9. The van der Waals surface area contributed by atoms with Crippen molar-refractivity contribution in [2.45, 2.75) is 161 Å². The number of ether oxygens (including phenoxy) is 2. The van der Waals surface area contributed by atoms with E-state index in [4.69, 9.17) is 9.47 Å². The van der Waals surface area contributed by atoms with E-state index in [1.807, 2.05) is 48.6 Å². The third-order valence-corrected chi connectivity index (χ3v) is 7.81. The molecule has 0 aliphatic rings. The van der Waals surface area contributed by atoms with Gasteiger partial charge in [-0.1, -0.05) is 164 Å². The summed E-state index contributed by atoms with van der Waals surface area (Å²) in [5.41, 5.74) is 0. The van der Waals surface area contributed by atoms with Gasteiger partial charge in [-0.05, 0) is 44.4 Å². The van der Waals surface area contributed by atoms with E-state index in [1.54, 1.807) is 24.3 Å². The van der Waals surface area contributed by atoms with E-state index >= 15 is 0 Å². The van der Waals surface area contributed by atoms with Crippen molar-refractivity contribution in [3.05, 3.63) is 72.9 Å². The number of aliphatic hydroxyl groups is 3. The minimum absolute atomic E-state index is 0.170. The van der Waals surface area contributed by atoms with E-state index < -0.39 is 24.3 Å². The maximum Gasteiger partial charge on any atom is 0.306 e. The van der Waals surface area contributed by atoms with Gasteiger partial charge in [-0.2, -0.15) is 0 Å². The summed E-state index contributed by atoms with van der Waals surface area (Å²) in [6.07, 6.45) is 38.9. The molecule has 3 N–H and O–H groups in total. The molecule has 0 bridgehead atoms. The van der Waals surface area contributed by atoms with Crippen molar-refractivity contribution in [2.75, 3.05) is 13.2 Å². The highest BCUT2D eigenvalue weighted by Crippen LogP contribution is 2.14. The lowest BCUT2D eigenvalue weighted by Gasteiger charge is -2.12. The molecule has 0 rings (SSSR count). The van der Waals surface area contributed by atoms with Crippen LogP contribution in [0.1, 0.15) is 143 Å². The van der Waals surface area contributed by atoms with Gasteiger partial charge in [-0.25, -0.2) is 0 Å². The second kappa shape index (κ2) is 35.1. The van der Waals surface area contributed by atoms with Crippen LogP contribution < -0.4 is 0 Å². The molecular weight excluding hydrogens is 616 g/mol. The van der Waals surface area contributed by atoms with Gasteiger partial charge in [-0.15, -0.1) is 0 Å². The fourth-order valence-corrected chi connectivity index (χ4v) is 4.88. The van der Waals surface area contributed by atoms with Crippen LogP contribution in [0.3, 0.4) is 0 Å². The Morgan fingerprint density at radius 2 is 1.04 bits per heavy atom. The number of esters is 2. The zero-order valence-electron chi connectivity index (χ0n) is 31.1. The van der Waals surface area contributed by atoms with Crippen LogP contribution >= 0.6 is 0 Å². The lowest BCUT2D eigenvalue weighted by molar-refractivity contribution is -0.152. The standard InChI is InChI=1S/C42H70O7/c1-4-5-21-29-38(43)31-24-19-20-25-32-39(44)30-23-16-13-14-18-27-34-42(47)49-36-40(45)35-48-41(46)33-26-17-12-10-8-6-7-9-11-15-22-28-37(2)3/h5,14,16,18-21,23-25,31-32,37-40,43-45H,4,6-13,15,17,22,26-30,33-36H2,1-3H3/b18-14-,20-19-,21-5-,23-16-,31-24+,32-25+/t38-,39+,40+/m1/s1. The molecule has 0 saturated carbocycles. The zero-order valence-corrected chi connectivity index (χ0v) is 31.1. The van der Waals surface area contributed by atoms with E-state index in [0.717, 1.165) is 31.6 Å². The predicted molar refractivity (Wildman–Crippen MR) is 203 cm³/mol. The Hall–Kier alpha value is -2.74. The fraction of sp³-hybridized carbons (Fsp3) is 0.667. The number of rotatable bonds is 32. The van der Waals surface area contributed by atoms with Crippen molar-refractivity contribution in [2.24, 2.45) is 5.92 Å². The largest absolute Gasteiger partial charge is 0.463 e. The first kappa shape index (κ1) is 46.3. The molecule has 0 aromatic carbocycles. The minimum Gasteiger partial charge on any atom is -0.463 e. The van der Waals surface area contributed by atoms with Gasteiger partial charge in [0, 0.05) is 12.8 Å². The Morgan fingerprint density at radius 3 is 1.57 bits per heavy atom. The van der Waals surface area contributed by atoms with Gasteiger partial charge in [0.05, 0.1) is 12.2 Å². The number of hydrogen-bond acceptors (Lipinski definition) is 7. The second-order valence-corrected chi connectivity index (χ2v) is 13.2. The summed E-state index contributed by atoms with van der Waals surface area (Å²) in [6.45, 7) is 6.27. The second-order valence-electron chi connectivity index (χ2n) is 13.2. The van der Waals surface area contributed by atoms with Gasteiger partial charge >= 0.3 is 11.9 Å². The molecule has 0 saturated heterocycles. The summed E-state index contributed by atoms with van der Waals surface area (Å²) in [5, 5.41) is 29.8. The van der Waals surface area contributed by atoms with Crippen molar-refractivity contribution >= 4 is 11.9 Å². The molecule has 0 radical (unpaired) electrons. The van der Waals surface area contributed by atoms with Gasteiger partial charge in [-0.3, -0.25) is 9.59 Å². The van der Waals surface area contributed by atoms with E-state index in [2.05, 4.69) is 20.8 Å². The fourth-order valence-electron chi connectivity index (χ4n) is 4.88. The molecule has 0 fully saturated rings. The average molecular weight is 687 g/mol. The molecule has 0 unspecified atom stereocenters. The third kappa shape index (κ3) is 36.4. The lowest BCUT2D eigenvalue weighted by Crippen LogP contribution is -2.25. The molecule has 7 nitrogen and oxygen atoms in total. The Kier molecular flexibility index (Phi) is 33.1. The molecule has 280 valence electrons. The van der Waals surface area contributed by atoms with Crippen LogP contribution in [0.2, 0.25) is 0 Å². The maximum atomic E-state index is 11.9. The van der Waals surface area contributed by atoms with Crippen molar-refractivity contribution in [1.82, 2.24) is 0 Å². The van der Waals surface area contributed by atoms with Gasteiger partial charge in [0.15, 0.2) is 0 Å². The van der Waals surface area contributed by atoms with Crippen molar-refractivity contribution in [1.29, 1.82) is 0 Å². The minimum atomic E-state index is -1.03. The highest BCUT2D eigenvalue weighted by molar-refractivity contribution is 5.70. The third-order valence-electron chi connectivity index (χ3n) is 7.81. The molecule has 0 spiro atoms. The van der Waals surface area contributed by atoms with Crippen molar-refractivity contribution < 1.29 is 34.4 Å². The van der Waals surface area contributed by atoms with Crippen LogP contribution in [-0.4, -0.2) is 58.8 Å². The first-order valence-electron chi connectivity index (χ1n) is 19.1. The number of unbranched alkanes of at least 4 members (excludes halogenated alkanes) is 10. The highest BCUT2D eigenvalue weighted by atomic mass is 16.6. The molecule has 0 aliphatic carbocycles. The van der Waals surface area contributed by atoms with Crippen LogP contribution in [0.5, 0.6) is 0 Å². The smallest absolute Gasteiger partial charge is 0.306 e. The summed E-state index contributed by atoms with van der Waals surface area (Å²) >= 11 is 0. The summed E-state index contributed by atoms with van der Waals surface area (Å²) in [5.74, 6) is 0.0898. The number of allylic oxidation sites excluding steroid dienone is 8. The molecule has 0 aromatic heterocycles. The first-order valence-corrected chi connectivity index (χ1v) is 19.1. The van der Waals surface area contributed by atoms with E-state index in [0.29, 0.717) is 32.1 Å². The normalized spacial score (nSPS) is 14.4. The van der Waals surface area contributed by atoms with Crippen LogP contribution in [-0.2, 0) is 19.1 Å². The van der Waals surface area contributed by atoms with Crippen LogP contribution in [0.4, 0.5) is 0 Å². The van der Waals surface area contributed by atoms with E-state index in [9.17, 15) is 24.9 Å². The molecule has 0 aromatic rings. The Morgan fingerprint density at radius 1 is 0.571 bits per heavy atom. The molecule has 0 heterocycles. The average Bonchev–Trinajstić information content (AvgIpc) is 3.07. The summed E-state index contributed by atoms with van der Waals surface area (Å²) in [7, 11) is 0. The Labute approximate surface area is 298 Å². The Balaban J connectivity index is 3.73. The maximum absolute atomic E-state index is 11.9. The van der Waals surface area contributed by atoms with Crippen molar-refractivity contribution in [3.8, 4) is 0 Å². The van der Waals surface area contributed by atoms with E-state index in [1.165, 1.54) is 57.8 Å². The monoisotopic (exact) mass is 687 g/mol. The van der Waals surface area contributed by atoms with Crippen LogP contribution in [0.15, 0.2) is 72.9 Å². The molecule has 49 heavy (non-hydrogen) atoms. The molecule has 0 amide bonds. The molecule has 3 atom stereocenters. The van der Waals surface area contributed by atoms with Gasteiger partial charge in [0.1, 0.15) is 19.3 Å². The molecule has 7 heteroatoms. The van der Waals surface area contributed by atoms with E-state index in [-0.39, 0.29) is 25.6 Å². The number of carbonyl (C=O) groups is 2. The van der Waals surface area contributed by atoms with Crippen molar-refractivity contribution in [3.63, 3.8) is 0 Å². The number of aliphatic hydroxyl groups excluding tert-OH is 3. The lowest BCUT2D eigenvalue weighted by atomic mass is 10.0. The number of carbonyl (C=O) groups excluding carboxylic acids is 2. The van der Waals surface area contributed by atoms with Gasteiger partial charge in [0.25, 0.3) is 0 Å². The van der Waals surface area contributed by atoms with Gasteiger partial charge in [0.2, 0.25) is 0 Å². The highest BCUT2D eigenvalue weighted by Gasteiger charge is 2.11. The predicted octanol–water partition coefficient (Wildman–Crippen LogP) is 9.58. The van der Waals surface area contributed by atoms with Crippen LogP contribution in [0.25, 0.3) is 0 Å². The zero-order chi connectivity index (χ0) is 36.2. The summed E-state index contributed by atoms with van der Waals surface area (Å²) in [6, 6.07) is 0. The number of hydrogen-bond donors (Lipinski definition) is 3.